The zero-order chi connectivity index (χ0) is 18.3. The smallest absolute Gasteiger partial charge is 0.262 e. The van der Waals surface area contributed by atoms with Crippen LogP contribution in [0.4, 0.5) is 0 Å². The summed E-state index contributed by atoms with van der Waals surface area (Å²) in [4.78, 5) is 31.7. The number of Topliss-reactive ketones (excluding diaryl/α,β-unsaturated/α-hetero) is 1. The SMILES string of the molecule is Cc1ccc(C)c(C(=O)CSc2nc3sc(C)c(C)c3c(=O)n2C)c1. The Bertz CT molecular complexity index is 1050. The molecule has 0 N–H and O–H groups in total. The molecule has 0 aliphatic rings. The largest absolute Gasteiger partial charge is 0.293 e. The van der Waals surface area contributed by atoms with Gasteiger partial charge in [-0.2, -0.15) is 0 Å². The Balaban J connectivity index is 1.91. The molecule has 0 spiro atoms. The van der Waals surface area contributed by atoms with Gasteiger partial charge in [0.1, 0.15) is 4.83 Å². The second-order valence-corrected chi connectivity index (χ2v) is 8.40. The number of thioether (sulfide) groups is 1. The molecule has 3 aromatic rings. The van der Waals surface area contributed by atoms with Gasteiger partial charge >= 0.3 is 0 Å². The molecule has 130 valence electrons. The van der Waals surface area contributed by atoms with Crippen molar-refractivity contribution < 1.29 is 4.79 Å². The normalized spacial score (nSPS) is 11.2. The number of benzene rings is 1. The van der Waals surface area contributed by atoms with Crippen LogP contribution in [0.1, 0.15) is 31.9 Å². The molecule has 0 aliphatic carbocycles. The Morgan fingerprint density at radius 2 is 1.96 bits per heavy atom. The molecule has 4 nitrogen and oxygen atoms in total. The number of carbonyl (C=O) groups is 1. The van der Waals surface area contributed by atoms with E-state index in [0.717, 1.165) is 32.0 Å². The molecule has 0 fully saturated rings. The third-order valence-electron chi connectivity index (χ3n) is 4.40. The first-order valence-electron chi connectivity index (χ1n) is 7.99. The molecule has 1 aromatic carbocycles. The second-order valence-electron chi connectivity index (χ2n) is 6.25. The van der Waals surface area contributed by atoms with Crippen LogP contribution in [0.3, 0.4) is 0 Å². The van der Waals surface area contributed by atoms with Crippen molar-refractivity contribution in [1.29, 1.82) is 0 Å². The van der Waals surface area contributed by atoms with E-state index in [9.17, 15) is 9.59 Å². The average molecular weight is 373 g/mol. The number of rotatable bonds is 4. The second kappa shape index (κ2) is 6.77. The van der Waals surface area contributed by atoms with Gasteiger partial charge in [0.15, 0.2) is 10.9 Å². The highest BCUT2D eigenvalue weighted by molar-refractivity contribution is 7.99. The molecule has 2 aromatic heterocycles. The summed E-state index contributed by atoms with van der Waals surface area (Å²) in [6, 6.07) is 5.88. The molecule has 0 unspecified atom stereocenters. The van der Waals surface area contributed by atoms with Gasteiger partial charge in [-0.15, -0.1) is 11.3 Å². The molecule has 0 saturated heterocycles. The van der Waals surface area contributed by atoms with Gasteiger partial charge in [-0.3, -0.25) is 14.2 Å². The molecule has 0 amide bonds. The van der Waals surface area contributed by atoms with Crippen molar-refractivity contribution in [2.45, 2.75) is 32.9 Å². The first kappa shape index (κ1) is 17.9. The molecular formula is C19H20N2O2S2. The highest BCUT2D eigenvalue weighted by atomic mass is 32.2. The number of hydrogen-bond donors (Lipinski definition) is 0. The van der Waals surface area contributed by atoms with E-state index < -0.39 is 0 Å². The van der Waals surface area contributed by atoms with Gasteiger partial charge in [0.25, 0.3) is 5.56 Å². The predicted molar refractivity (Wildman–Crippen MR) is 105 cm³/mol. The molecule has 6 heteroatoms. The Hall–Kier alpha value is -1.92. The highest BCUT2D eigenvalue weighted by Crippen LogP contribution is 2.28. The monoisotopic (exact) mass is 372 g/mol. The van der Waals surface area contributed by atoms with Crippen LogP contribution >= 0.6 is 23.1 Å². The van der Waals surface area contributed by atoms with E-state index in [1.807, 2.05) is 45.9 Å². The number of aromatic nitrogens is 2. The summed E-state index contributed by atoms with van der Waals surface area (Å²) in [5.74, 6) is 0.318. The first-order chi connectivity index (χ1) is 11.8. The molecule has 2 heterocycles. The third kappa shape index (κ3) is 3.28. The van der Waals surface area contributed by atoms with Crippen molar-refractivity contribution in [2.24, 2.45) is 7.05 Å². The number of fused-ring (bicyclic) bond motifs is 1. The molecule has 3 rings (SSSR count). The summed E-state index contributed by atoms with van der Waals surface area (Å²) in [5, 5.41) is 1.27. The zero-order valence-corrected chi connectivity index (χ0v) is 16.6. The van der Waals surface area contributed by atoms with E-state index in [4.69, 9.17) is 0 Å². The molecule has 0 bridgehead atoms. The average Bonchev–Trinajstić information content (AvgIpc) is 2.86. The van der Waals surface area contributed by atoms with E-state index in [0.29, 0.717) is 10.5 Å². The minimum absolute atomic E-state index is 0.0477. The van der Waals surface area contributed by atoms with Crippen LogP contribution in [0.15, 0.2) is 28.2 Å². The molecule has 0 aliphatic heterocycles. The van der Waals surface area contributed by atoms with Gasteiger partial charge in [-0.1, -0.05) is 29.5 Å². The standard InChI is InChI=1S/C19H20N2O2S2/c1-10-6-7-11(2)14(8-10)15(22)9-24-19-20-17-16(18(23)21(19)5)12(3)13(4)25-17/h6-8H,9H2,1-5H3. The summed E-state index contributed by atoms with van der Waals surface area (Å²) in [6.07, 6.45) is 0. The van der Waals surface area contributed by atoms with Crippen LogP contribution in [-0.2, 0) is 7.05 Å². The Morgan fingerprint density at radius 3 is 2.68 bits per heavy atom. The van der Waals surface area contributed by atoms with Crippen LogP contribution in [0.5, 0.6) is 0 Å². The molecule has 25 heavy (non-hydrogen) atoms. The van der Waals surface area contributed by atoms with Crippen molar-refractivity contribution in [3.8, 4) is 0 Å². The fourth-order valence-electron chi connectivity index (χ4n) is 2.73. The number of carbonyl (C=O) groups excluding carboxylic acids is 1. The van der Waals surface area contributed by atoms with Gasteiger partial charge < -0.3 is 0 Å². The number of thiophene rings is 1. The van der Waals surface area contributed by atoms with Crippen LogP contribution < -0.4 is 5.56 Å². The van der Waals surface area contributed by atoms with Crippen molar-refractivity contribution in [1.82, 2.24) is 9.55 Å². The highest BCUT2D eigenvalue weighted by Gasteiger charge is 2.16. The fraction of sp³-hybridized carbons (Fsp3) is 0.316. The maximum atomic E-state index is 12.6. The Morgan fingerprint density at radius 1 is 1.24 bits per heavy atom. The van der Waals surface area contributed by atoms with Crippen molar-refractivity contribution >= 4 is 39.1 Å². The van der Waals surface area contributed by atoms with E-state index in [1.54, 1.807) is 11.6 Å². The zero-order valence-electron chi connectivity index (χ0n) is 15.0. The summed E-state index contributed by atoms with van der Waals surface area (Å²) < 4.78 is 1.54. The minimum Gasteiger partial charge on any atom is -0.293 e. The van der Waals surface area contributed by atoms with E-state index in [-0.39, 0.29) is 17.1 Å². The number of ketones is 1. The first-order valence-corrected chi connectivity index (χ1v) is 9.79. The lowest BCUT2D eigenvalue weighted by molar-refractivity contribution is 0.102. The number of aryl methyl sites for hydroxylation is 4. The lowest BCUT2D eigenvalue weighted by Gasteiger charge is -2.08. The van der Waals surface area contributed by atoms with Gasteiger partial charge in [0.2, 0.25) is 0 Å². The number of nitrogens with zero attached hydrogens (tertiary/aromatic N) is 2. The molecule has 0 atom stereocenters. The lowest BCUT2D eigenvalue weighted by Crippen LogP contribution is -2.20. The molecule has 0 saturated carbocycles. The predicted octanol–water partition coefficient (Wildman–Crippen LogP) is 4.20. The van der Waals surface area contributed by atoms with Crippen LogP contribution in [-0.4, -0.2) is 21.1 Å². The van der Waals surface area contributed by atoms with E-state index in [2.05, 4.69) is 4.98 Å². The van der Waals surface area contributed by atoms with E-state index >= 15 is 0 Å². The topological polar surface area (TPSA) is 52.0 Å². The Kier molecular flexibility index (Phi) is 4.84. The quantitative estimate of drug-likeness (QED) is 0.391. The van der Waals surface area contributed by atoms with Crippen LogP contribution in [0.2, 0.25) is 0 Å². The van der Waals surface area contributed by atoms with Crippen molar-refractivity contribution in [2.75, 3.05) is 5.75 Å². The third-order valence-corrected chi connectivity index (χ3v) is 6.53. The summed E-state index contributed by atoms with van der Waals surface area (Å²) in [6.45, 7) is 7.87. The lowest BCUT2D eigenvalue weighted by atomic mass is 10.0. The van der Waals surface area contributed by atoms with Gasteiger partial charge in [-0.25, -0.2) is 4.98 Å². The molecule has 0 radical (unpaired) electrons. The van der Waals surface area contributed by atoms with Crippen molar-refractivity contribution in [3.05, 3.63) is 55.7 Å². The minimum atomic E-state index is -0.0477. The maximum absolute atomic E-state index is 12.6. The van der Waals surface area contributed by atoms with E-state index in [1.165, 1.54) is 23.1 Å². The fourth-order valence-corrected chi connectivity index (χ4v) is 4.65. The van der Waals surface area contributed by atoms with Gasteiger partial charge in [0.05, 0.1) is 11.1 Å². The summed E-state index contributed by atoms with van der Waals surface area (Å²) >= 11 is 2.85. The van der Waals surface area contributed by atoms with Gasteiger partial charge in [0, 0.05) is 17.5 Å². The maximum Gasteiger partial charge on any atom is 0.262 e. The summed E-state index contributed by atoms with van der Waals surface area (Å²) in [5.41, 5.74) is 3.72. The van der Waals surface area contributed by atoms with Crippen LogP contribution in [0.25, 0.3) is 10.2 Å². The number of hydrogen-bond acceptors (Lipinski definition) is 5. The molecular weight excluding hydrogens is 352 g/mol. The van der Waals surface area contributed by atoms with Crippen LogP contribution in [0, 0.1) is 27.7 Å². The van der Waals surface area contributed by atoms with Crippen molar-refractivity contribution in [3.63, 3.8) is 0 Å². The summed E-state index contributed by atoms with van der Waals surface area (Å²) in [7, 11) is 1.71. The Labute approximate surface area is 154 Å². The van der Waals surface area contributed by atoms with Gasteiger partial charge in [-0.05, 0) is 44.9 Å².